The number of carbonyl (C=O) groups excluding carboxylic acids is 1. The highest BCUT2D eigenvalue weighted by Crippen LogP contribution is 2.28. The molecule has 0 spiro atoms. The molecule has 2 nitrogen and oxygen atoms in total. The molecule has 1 amide bonds. The fraction of sp³-hybridized carbons (Fsp3) is 0.875. The van der Waals surface area contributed by atoms with Crippen molar-refractivity contribution in [3.63, 3.8) is 0 Å². The van der Waals surface area contributed by atoms with Crippen LogP contribution in [-0.4, -0.2) is 17.9 Å². The Morgan fingerprint density at radius 1 is 1.14 bits per heavy atom. The van der Waals surface area contributed by atoms with Gasteiger partial charge < -0.3 is 4.98 Å². The molecule has 0 aromatic carbocycles. The molecule has 14 heavy (non-hydrogen) atoms. The first-order valence-electron chi connectivity index (χ1n) is 4.70. The van der Waals surface area contributed by atoms with E-state index in [-0.39, 0.29) is 0 Å². The van der Waals surface area contributed by atoms with Gasteiger partial charge in [0.05, 0.1) is 0 Å². The second-order valence-corrected chi connectivity index (χ2v) is 10.5. The van der Waals surface area contributed by atoms with Crippen molar-refractivity contribution in [2.45, 2.75) is 42.7 Å². The molecule has 0 aromatic heterocycles. The van der Waals surface area contributed by atoms with Crippen LogP contribution in [0.5, 0.6) is 0 Å². The summed E-state index contributed by atoms with van der Waals surface area (Å²) in [6, 6.07) is 2.89. The van der Waals surface area contributed by atoms with Crippen LogP contribution in [0, 0.1) is 0 Å². The van der Waals surface area contributed by atoms with E-state index >= 15 is 0 Å². The molecule has 0 aromatic rings. The third-order valence-electron chi connectivity index (χ3n) is 2.67. The average molecular weight is 277 g/mol. The first-order valence-corrected chi connectivity index (χ1v) is 8.46. The maximum Gasteiger partial charge on any atom is 0.268 e. The number of nitrogens with one attached hydrogen (secondary N) is 1. The van der Waals surface area contributed by atoms with E-state index in [1.807, 2.05) is 0 Å². The minimum Gasteiger partial charge on any atom is -0.378 e. The van der Waals surface area contributed by atoms with Crippen LogP contribution < -0.4 is 4.98 Å². The van der Waals surface area contributed by atoms with Gasteiger partial charge in [0.1, 0.15) is 0 Å². The number of halogens is 3. The van der Waals surface area contributed by atoms with Gasteiger partial charge in [0, 0.05) is 0 Å². The van der Waals surface area contributed by atoms with Gasteiger partial charge in [-0.25, -0.2) is 0 Å². The van der Waals surface area contributed by atoms with Crippen molar-refractivity contribution in [2.24, 2.45) is 0 Å². The summed E-state index contributed by atoms with van der Waals surface area (Å²) in [4.78, 5) is 14.4. The number of hydrogen-bond acceptors (Lipinski definition) is 1. The van der Waals surface area contributed by atoms with Crippen LogP contribution in [0.25, 0.3) is 0 Å². The highest BCUT2D eigenvalue weighted by Gasteiger charge is 2.37. The van der Waals surface area contributed by atoms with Crippen LogP contribution in [0.4, 0.5) is 0 Å². The number of alkyl halides is 3. The molecule has 0 saturated heterocycles. The second-order valence-electron chi connectivity index (χ2n) is 3.29. The second kappa shape index (κ2) is 5.59. The summed E-state index contributed by atoms with van der Waals surface area (Å²) in [6.45, 7) is 6.20. The maximum absolute atomic E-state index is 11.5. The molecule has 84 valence electrons. The lowest BCUT2D eigenvalue weighted by Crippen LogP contribution is -2.55. The Morgan fingerprint density at radius 3 is 1.71 bits per heavy atom. The minimum atomic E-state index is -1.84. The van der Waals surface area contributed by atoms with Crippen LogP contribution in [0.2, 0.25) is 18.1 Å². The summed E-state index contributed by atoms with van der Waals surface area (Å²) in [5, 5.41) is 0. The Labute approximate surface area is 101 Å². The fourth-order valence-electron chi connectivity index (χ4n) is 1.33. The predicted molar refractivity (Wildman–Crippen MR) is 65.6 cm³/mol. The smallest absolute Gasteiger partial charge is 0.268 e. The van der Waals surface area contributed by atoms with E-state index in [0.29, 0.717) is 0 Å². The number of amides is 1. The molecule has 0 aliphatic heterocycles. The van der Waals surface area contributed by atoms with Crippen molar-refractivity contribution in [1.29, 1.82) is 0 Å². The monoisotopic (exact) mass is 275 g/mol. The number of hydrogen-bond donors (Lipinski definition) is 1. The van der Waals surface area contributed by atoms with Crippen LogP contribution >= 0.6 is 34.8 Å². The fourth-order valence-corrected chi connectivity index (χ4v) is 4.41. The SMILES string of the molecule is CC[Si](CC)(CC)NC(=O)C(Cl)(Cl)Cl. The highest BCUT2D eigenvalue weighted by atomic mass is 35.6. The van der Waals surface area contributed by atoms with Crippen LogP contribution in [0.1, 0.15) is 20.8 Å². The van der Waals surface area contributed by atoms with Crippen molar-refractivity contribution >= 4 is 48.9 Å². The van der Waals surface area contributed by atoms with Gasteiger partial charge in [-0.2, -0.15) is 0 Å². The van der Waals surface area contributed by atoms with Crippen LogP contribution in [-0.2, 0) is 4.79 Å². The molecule has 0 aliphatic carbocycles. The minimum absolute atomic E-state index is 0.486. The zero-order valence-electron chi connectivity index (χ0n) is 8.66. The lowest BCUT2D eigenvalue weighted by atomic mass is 10.7. The van der Waals surface area contributed by atoms with E-state index in [1.165, 1.54) is 0 Å². The molecule has 0 heterocycles. The van der Waals surface area contributed by atoms with Crippen LogP contribution in [0.15, 0.2) is 0 Å². The molecule has 0 unspecified atom stereocenters. The summed E-state index contributed by atoms with van der Waals surface area (Å²) in [7, 11) is -1.74. The van der Waals surface area contributed by atoms with Crippen LogP contribution in [0.3, 0.4) is 0 Å². The summed E-state index contributed by atoms with van der Waals surface area (Å²) in [5.74, 6) is -0.486. The number of rotatable bonds is 4. The van der Waals surface area contributed by atoms with E-state index < -0.39 is 17.9 Å². The molecule has 0 radical (unpaired) electrons. The van der Waals surface area contributed by atoms with Crippen molar-refractivity contribution < 1.29 is 4.79 Å². The Kier molecular flexibility index (Phi) is 5.81. The van der Waals surface area contributed by atoms with E-state index in [1.54, 1.807) is 0 Å². The summed E-state index contributed by atoms with van der Waals surface area (Å²) < 4.78 is -1.84. The highest BCUT2D eigenvalue weighted by molar-refractivity contribution is 6.83. The molecule has 0 rings (SSSR count). The summed E-state index contributed by atoms with van der Waals surface area (Å²) in [5.41, 5.74) is 0. The Balaban J connectivity index is 4.54. The average Bonchev–Trinajstić information content (AvgIpc) is 2.12. The normalized spacial score (nSPS) is 12.7. The van der Waals surface area contributed by atoms with Gasteiger partial charge in [0.25, 0.3) is 9.70 Å². The molecule has 6 heteroatoms. The zero-order chi connectivity index (χ0) is 11.4. The summed E-state index contributed by atoms with van der Waals surface area (Å²) in [6.07, 6.45) is 0. The van der Waals surface area contributed by atoms with Crippen molar-refractivity contribution in [1.82, 2.24) is 4.98 Å². The molecule has 0 saturated carbocycles. The van der Waals surface area contributed by atoms with E-state index in [2.05, 4.69) is 25.8 Å². The van der Waals surface area contributed by atoms with E-state index in [9.17, 15) is 4.79 Å². The van der Waals surface area contributed by atoms with Gasteiger partial charge in [-0.3, -0.25) is 4.79 Å². The van der Waals surface area contributed by atoms with Gasteiger partial charge in [-0.15, -0.1) is 0 Å². The molecular weight excluding hydrogens is 261 g/mol. The third kappa shape index (κ3) is 3.97. The lowest BCUT2D eigenvalue weighted by Gasteiger charge is -2.30. The van der Waals surface area contributed by atoms with Gasteiger partial charge >= 0.3 is 0 Å². The Bertz CT molecular complexity index is 193. The zero-order valence-corrected chi connectivity index (χ0v) is 11.9. The Morgan fingerprint density at radius 2 is 1.50 bits per heavy atom. The Hall–Kier alpha value is 0.557. The summed E-state index contributed by atoms with van der Waals surface area (Å²) >= 11 is 16.5. The van der Waals surface area contributed by atoms with Gasteiger partial charge in [-0.1, -0.05) is 55.6 Å². The third-order valence-corrected chi connectivity index (χ3v) is 8.00. The predicted octanol–water partition coefficient (Wildman–Crippen LogP) is 3.48. The molecule has 0 aliphatic rings. The van der Waals surface area contributed by atoms with E-state index in [4.69, 9.17) is 34.8 Å². The van der Waals surface area contributed by atoms with E-state index in [0.717, 1.165) is 18.1 Å². The molecule has 0 fully saturated rings. The van der Waals surface area contributed by atoms with Crippen molar-refractivity contribution in [3.05, 3.63) is 0 Å². The maximum atomic E-state index is 11.5. The van der Waals surface area contributed by atoms with Crippen molar-refractivity contribution in [2.75, 3.05) is 0 Å². The lowest BCUT2D eigenvalue weighted by molar-refractivity contribution is -0.118. The molecule has 0 atom stereocenters. The number of carbonyl (C=O) groups is 1. The quantitative estimate of drug-likeness (QED) is 0.618. The van der Waals surface area contributed by atoms with Gasteiger partial charge in [0.2, 0.25) is 0 Å². The van der Waals surface area contributed by atoms with Gasteiger partial charge in [0.15, 0.2) is 8.24 Å². The molecule has 0 bridgehead atoms. The molecular formula is C8H16Cl3NOSi. The topological polar surface area (TPSA) is 29.1 Å². The molecule has 1 N–H and O–H groups in total. The first-order chi connectivity index (χ1) is 6.31. The standard InChI is InChI=1S/C8H16Cl3NOSi/c1-4-14(5-2,6-3)12-7(13)8(9,10)11/h4-6H2,1-3H3,(H,12,13). The van der Waals surface area contributed by atoms with Gasteiger partial charge in [-0.05, 0) is 18.1 Å². The first kappa shape index (κ1) is 14.6. The van der Waals surface area contributed by atoms with Crippen molar-refractivity contribution in [3.8, 4) is 0 Å². The largest absolute Gasteiger partial charge is 0.378 e.